The predicted octanol–water partition coefficient (Wildman–Crippen LogP) is 5.27. The minimum atomic E-state index is 0.142. The topological polar surface area (TPSA) is 32.7 Å². The maximum Gasteiger partial charge on any atom is 0.225 e. The Bertz CT molecular complexity index is 463. The third-order valence-electron chi connectivity index (χ3n) is 5.61. The van der Waals surface area contributed by atoms with Gasteiger partial charge in [0.25, 0.3) is 0 Å². The van der Waals surface area contributed by atoms with E-state index in [1.165, 1.54) is 11.5 Å². The largest absolute Gasteiger partial charge is 0.346 e. The molecule has 144 valence electrons. The molecule has 3 nitrogen and oxygen atoms in total. The summed E-state index contributed by atoms with van der Waals surface area (Å²) in [5.74, 6) is 3.46. The highest BCUT2D eigenvalue weighted by Crippen LogP contribution is 2.29. The summed E-state index contributed by atoms with van der Waals surface area (Å²) in [5, 5.41) is 1.30. The van der Waals surface area contributed by atoms with Crippen LogP contribution in [0, 0.1) is 23.7 Å². The molecule has 0 fully saturated rings. The van der Waals surface area contributed by atoms with Crippen molar-refractivity contribution in [2.45, 2.75) is 66.3 Å². The maximum absolute atomic E-state index is 12.2. The van der Waals surface area contributed by atoms with Crippen molar-refractivity contribution in [1.82, 2.24) is 4.90 Å². The van der Waals surface area contributed by atoms with Gasteiger partial charge in [0.15, 0.2) is 0 Å². The number of carbonyl (C=O) groups is 1. The van der Waals surface area contributed by atoms with Gasteiger partial charge in [-0.05, 0) is 43.4 Å². The van der Waals surface area contributed by atoms with E-state index < -0.39 is 0 Å². The first kappa shape index (κ1) is 22.3. The highest BCUT2D eigenvalue weighted by molar-refractivity contribution is 8.14. The molecule has 0 radical (unpaired) electrons. The molecule has 0 N–H and O–H groups in total. The zero-order valence-corrected chi connectivity index (χ0v) is 17.9. The number of nitrogens with zero attached hydrogens (tertiary/aromatic N) is 2. The average molecular weight is 367 g/mol. The molecular formula is C21H38N2OS. The second kappa shape index (κ2) is 11.1. The van der Waals surface area contributed by atoms with Gasteiger partial charge in [-0.2, -0.15) is 0 Å². The average Bonchev–Trinajstić information content (AvgIpc) is 3.05. The molecule has 0 saturated carbocycles. The first-order valence-corrected chi connectivity index (χ1v) is 10.8. The molecule has 0 unspecified atom stereocenters. The third-order valence-corrected chi connectivity index (χ3v) is 6.73. The standard InChI is InChI=1S/C21H38N2OS/c1-8-16(4)21(24)23(7)11-10-15(3)12-17(5)18(6)13-20-22-19(9-2)14-25-20/h9,15-19H,2,8,10-14H2,1,3-7H3/t15-,16+,17+,18-,19-/m1/s1. The molecule has 1 rings (SSSR count). The second-order valence-electron chi connectivity index (χ2n) is 7.99. The number of hydrogen-bond donors (Lipinski definition) is 0. The van der Waals surface area contributed by atoms with E-state index in [-0.39, 0.29) is 11.8 Å². The van der Waals surface area contributed by atoms with Gasteiger partial charge in [0.1, 0.15) is 0 Å². The quantitative estimate of drug-likeness (QED) is 0.467. The normalized spacial score (nSPS) is 22.0. The zero-order chi connectivity index (χ0) is 19.0. The summed E-state index contributed by atoms with van der Waals surface area (Å²) in [6.07, 6.45) is 6.27. The summed E-state index contributed by atoms with van der Waals surface area (Å²) < 4.78 is 0. The summed E-state index contributed by atoms with van der Waals surface area (Å²) in [6.45, 7) is 15.8. The Morgan fingerprint density at radius 1 is 1.36 bits per heavy atom. The van der Waals surface area contributed by atoms with Gasteiger partial charge < -0.3 is 4.90 Å². The Kier molecular flexibility index (Phi) is 9.84. The van der Waals surface area contributed by atoms with E-state index >= 15 is 0 Å². The first-order valence-electron chi connectivity index (χ1n) is 9.85. The predicted molar refractivity (Wildman–Crippen MR) is 112 cm³/mol. The van der Waals surface area contributed by atoms with Crippen LogP contribution in [0.15, 0.2) is 17.6 Å². The number of aliphatic imine (C=N–C) groups is 1. The van der Waals surface area contributed by atoms with Gasteiger partial charge in [-0.25, -0.2) is 0 Å². The van der Waals surface area contributed by atoms with Crippen molar-refractivity contribution in [3.8, 4) is 0 Å². The van der Waals surface area contributed by atoms with Crippen molar-refractivity contribution < 1.29 is 4.79 Å². The van der Waals surface area contributed by atoms with Crippen LogP contribution in [0.25, 0.3) is 0 Å². The van der Waals surface area contributed by atoms with Crippen molar-refractivity contribution in [3.05, 3.63) is 12.7 Å². The Balaban J connectivity index is 2.34. The van der Waals surface area contributed by atoms with Crippen LogP contribution >= 0.6 is 11.8 Å². The monoisotopic (exact) mass is 366 g/mol. The van der Waals surface area contributed by atoms with Crippen molar-refractivity contribution in [2.75, 3.05) is 19.3 Å². The van der Waals surface area contributed by atoms with Gasteiger partial charge in [0.05, 0.1) is 11.1 Å². The molecule has 1 aliphatic rings. The summed E-state index contributed by atoms with van der Waals surface area (Å²) in [7, 11) is 1.94. The Morgan fingerprint density at radius 3 is 2.60 bits per heavy atom. The van der Waals surface area contributed by atoms with Gasteiger partial charge in [-0.3, -0.25) is 9.79 Å². The molecular weight excluding hydrogens is 328 g/mol. The molecule has 1 amide bonds. The molecule has 1 aliphatic heterocycles. The van der Waals surface area contributed by atoms with E-state index in [0.717, 1.165) is 31.6 Å². The summed E-state index contributed by atoms with van der Waals surface area (Å²) in [6, 6.07) is 0.319. The molecule has 0 aromatic heterocycles. The lowest BCUT2D eigenvalue weighted by atomic mass is 9.84. The highest BCUT2D eigenvalue weighted by atomic mass is 32.2. The van der Waals surface area contributed by atoms with Gasteiger partial charge >= 0.3 is 0 Å². The zero-order valence-electron chi connectivity index (χ0n) is 17.1. The van der Waals surface area contributed by atoms with Crippen LogP contribution < -0.4 is 0 Å². The maximum atomic E-state index is 12.2. The molecule has 0 aromatic carbocycles. The van der Waals surface area contributed by atoms with Crippen molar-refractivity contribution >= 4 is 22.7 Å². The third kappa shape index (κ3) is 7.55. The SMILES string of the molecule is C=C[C@@H]1CSC(C[C@@H](C)[C@@H](C)C[C@H](C)CCN(C)C(=O)[C@@H](C)CC)=N1. The Morgan fingerprint density at radius 2 is 2.04 bits per heavy atom. The van der Waals surface area contributed by atoms with E-state index in [0.29, 0.717) is 23.8 Å². The molecule has 0 aliphatic carbocycles. The van der Waals surface area contributed by atoms with Crippen LogP contribution in [-0.4, -0.2) is 41.2 Å². The number of carbonyl (C=O) groups excluding carboxylic acids is 1. The van der Waals surface area contributed by atoms with Crippen LogP contribution in [0.2, 0.25) is 0 Å². The highest BCUT2D eigenvalue weighted by Gasteiger charge is 2.22. The van der Waals surface area contributed by atoms with Crippen LogP contribution in [0.1, 0.15) is 60.3 Å². The lowest BCUT2D eigenvalue weighted by molar-refractivity contribution is -0.133. The van der Waals surface area contributed by atoms with E-state index in [9.17, 15) is 4.79 Å². The molecule has 25 heavy (non-hydrogen) atoms. The van der Waals surface area contributed by atoms with E-state index in [1.54, 1.807) is 0 Å². The molecule has 0 bridgehead atoms. The molecule has 0 spiro atoms. The fraction of sp³-hybridized carbons (Fsp3) is 0.810. The van der Waals surface area contributed by atoms with Crippen LogP contribution in [-0.2, 0) is 4.79 Å². The van der Waals surface area contributed by atoms with Gasteiger partial charge in [0.2, 0.25) is 5.91 Å². The van der Waals surface area contributed by atoms with E-state index in [4.69, 9.17) is 4.99 Å². The van der Waals surface area contributed by atoms with Gasteiger partial charge in [-0.15, -0.1) is 18.3 Å². The molecule has 0 saturated heterocycles. The first-order chi connectivity index (χ1) is 11.8. The number of thioether (sulfide) groups is 1. The van der Waals surface area contributed by atoms with Crippen LogP contribution in [0.3, 0.4) is 0 Å². The van der Waals surface area contributed by atoms with Crippen LogP contribution in [0.5, 0.6) is 0 Å². The Hall–Kier alpha value is -0.770. The van der Waals surface area contributed by atoms with Crippen LogP contribution in [0.4, 0.5) is 0 Å². The Labute approximate surface area is 159 Å². The fourth-order valence-corrected chi connectivity index (χ4v) is 4.37. The molecule has 4 heteroatoms. The number of amides is 1. The van der Waals surface area contributed by atoms with Gasteiger partial charge in [-0.1, -0.05) is 40.7 Å². The van der Waals surface area contributed by atoms with Crippen molar-refractivity contribution in [3.63, 3.8) is 0 Å². The fourth-order valence-electron chi connectivity index (χ4n) is 3.21. The smallest absolute Gasteiger partial charge is 0.225 e. The summed E-state index contributed by atoms with van der Waals surface area (Å²) >= 11 is 1.90. The van der Waals surface area contributed by atoms with E-state index in [1.807, 2.05) is 36.7 Å². The van der Waals surface area contributed by atoms with Crippen molar-refractivity contribution in [2.24, 2.45) is 28.7 Å². The minimum absolute atomic E-state index is 0.142. The second-order valence-corrected chi connectivity index (χ2v) is 9.09. The molecule has 0 aromatic rings. The lowest BCUT2D eigenvalue weighted by Gasteiger charge is -2.26. The lowest BCUT2D eigenvalue weighted by Crippen LogP contribution is -2.33. The van der Waals surface area contributed by atoms with Crippen molar-refractivity contribution in [1.29, 1.82) is 0 Å². The summed E-state index contributed by atoms with van der Waals surface area (Å²) in [5.41, 5.74) is 0. The minimum Gasteiger partial charge on any atom is -0.346 e. The molecule has 1 heterocycles. The summed E-state index contributed by atoms with van der Waals surface area (Å²) in [4.78, 5) is 18.8. The number of hydrogen-bond acceptors (Lipinski definition) is 3. The van der Waals surface area contributed by atoms with E-state index in [2.05, 4.69) is 34.3 Å². The molecule has 5 atom stereocenters. The number of rotatable bonds is 11. The van der Waals surface area contributed by atoms with Gasteiger partial charge in [0, 0.05) is 25.3 Å².